The van der Waals surface area contributed by atoms with Crippen LogP contribution in [0.1, 0.15) is 28.7 Å². The van der Waals surface area contributed by atoms with Crippen LogP contribution in [0.25, 0.3) is 0 Å². The molecule has 0 radical (unpaired) electrons. The van der Waals surface area contributed by atoms with Crippen molar-refractivity contribution in [2.45, 2.75) is 33.6 Å². The van der Waals surface area contributed by atoms with Gasteiger partial charge in [0.1, 0.15) is 0 Å². The average molecular weight is 332 g/mol. The maximum atomic E-state index is 5.96. The van der Waals surface area contributed by atoms with E-state index < -0.39 is 0 Å². The summed E-state index contributed by atoms with van der Waals surface area (Å²) in [7, 11) is 0. The second-order valence-corrected chi connectivity index (χ2v) is 6.63. The third kappa shape index (κ3) is 6.13. The molecule has 0 aliphatic carbocycles. The van der Waals surface area contributed by atoms with E-state index in [1.54, 1.807) is 0 Å². The van der Waals surface area contributed by atoms with Crippen molar-refractivity contribution in [3.8, 4) is 0 Å². The quantitative estimate of drug-likeness (QED) is 0.454. The summed E-state index contributed by atoms with van der Waals surface area (Å²) >= 11 is 0. The Morgan fingerprint density at radius 1 is 1.21 bits per heavy atom. The summed E-state index contributed by atoms with van der Waals surface area (Å²) in [5.41, 5.74) is 11.4. The molecule has 2 rings (SSSR count). The number of nitrogens with two attached hydrogens (primary N) is 1. The third-order valence-electron chi connectivity index (χ3n) is 4.54. The first-order valence-electron chi connectivity index (χ1n) is 8.97. The predicted molar refractivity (Wildman–Crippen MR) is 101 cm³/mol. The molecule has 1 aromatic rings. The molecule has 0 saturated carbocycles. The van der Waals surface area contributed by atoms with Crippen molar-refractivity contribution < 1.29 is 4.74 Å². The number of benzene rings is 1. The highest BCUT2D eigenvalue weighted by Crippen LogP contribution is 2.16. The maximum Gasteiger partial charge on any atom is 0.188 e. The van der Waals surface area contributed by atoms with E-state index in [-0.39, 0.29) is 0 Å². The van der Waals surface area contributed by atoms with Gasteiger partial charge in [0.2, 0.25) is 0 Å². The van der Waals surface area contributed by atoms with Crippen LogP contribution >= 0.6 is 0 Å². The Hall–Kier alpha value is -1.59. The molecule has 5 heteroatoms. The summed E-state index contributed by atoms with van der Waals surface area (Å²) in [6, 6.07) is 4.48. The molecule has 3 N–H and O–H groups in total. The molecule has 0 spiro atoms. The number of hydrogen-bond donors (Lipinski definition) is 2. The monoisotopic (exact) mass is 332 g/mol. The van der Waals surface area contributed by atoms with Gasteiger partial charge in [0.15, 0.2) is 5.96 Å². The Morgan fingerprint density at radius 2 is 1.88 bits per heavy atom. The van der Waals surface area contributed by atoms with Crippen LogP contribution in [-0.2, 0) is 11.2 Å². The molecule has 0 amide bonds. The molecule has 1 aliphatic heterocycles. The molecule has 1 fully saturated rings. The van der Waals surface area contributed by atoms with Crippen LogP contribution in [0.2, 0.25) is 0 Å². The van der Waals surface area contributed by atoms with Crippen LogP contribution < -0.4 is 11.1 Å². The van der Waals surface area contributed by atoms with E-state index in [0.717, 1.165) is 58.8 Å². The molecule has 0 aromatic heterocycles. The molecule has 134 valence electrons. The number of nitrogens with zero attached hydrogens (tertiary/aromatic N) is 2. The van der Waals surface area contributed by atoms with Crippen LogP contribution in [0.5, 0.6) is 0 Å². The van der Waals surface area contributed by atoms with Gasteiger partial charge in [0, 0.05) is 32.7 Å². The number of hydrogen-bond acceptors (Lipinski definition) is 3. The van der Waals surface area contributed by atoms with Crippen LogP contribution in [0.15, 0.2) is 17.1 Å². The van der Waals surface area contributed by atoms with Gasteiger partial charge < -0.3 is 15.8 Å². The minimum absolute atomic E-state index is 0.555. The Labute approximate surface area is 146 Å². The molecule has 24 heavy (non-hydrogen) atoms. The molecule has 5 nitrogen and oxygen atoms in total. The van der Waals surface area contributed by atoms with Gasteiger partial charge in [0.05, 0.1) is 13.2 Å². The molecule has 0 bridgehead atoms. The van der Waals surface area contributed by atoms with E-state index in [2.05, 4.69) is 48.1 Å². The van der Waals surface area contributed by atoms with Gasteiger partial charge >= 0.3 is 0 Å². The van der Waals surface area contributed by atoms with Crippen LogP contribution in [0.3, 0.4) is 0 Å². The SMILES string of the molecule is Cc1cc(C)c(CCNC(N)=NCCCN2CCOCC2)c(C)c1. The average Bonchev–Trinajstić information content (AvgIpc) is 2.55. The van der Waals surface area contributed by atoms with E-state index in [4.69, 9.17) is 10.5 Å². The summed E-state index contributed by atoms with van der Waals surface area (Å²) in [6.45, 7) is 12.9. The molecular formula is C19H32N4O. The highest BCUT2D eigenvalue weighted by molar-refractivity contribution is 5.77. The van der Waals surface area contributed by atoms with Crippen molar-refractivity contribution in [2.24, 2.45) is 10.7 Å². The number of aryl methyl sites for hydroxylation is 3. The summed E-state index contributed by atoms with van der Waals surface area (Å²) < 4.78 is 5.35. The first kappa shape index (κ1) is 18.7. The number of nitrogens with one attached hydrogen (secondary N) is 1. The zero-order chi connectivity index (χ0) is 17.4. The van der Waals surface area contributed by atoms with Crippen LogP contribution in [0, 0.1) is 20.8 Å². The molecule has 1 saturated heterocycles. The molecule has 1 aromatic carbocycles. The second-order valence-electron chi connectivity index (χ2n) is 6.63. The lowest BCUT2D eigenvalue weighted by Gasteiger charge is -2.26. The van der Waals surface area contributed by atoms with E-state index in [1.807, 2.05) is 0 Å². The number of aliphatic imine (C=N–C) groups is 1. The second kappa shape index (κ2) is 9.64. The first-order valence-corrected chi connectivity index (χ1v) is 8.97. The van der Waals surface area contributed by atoms with E-state index in [0.29, 0.717) is 5.96 Å². The van der Waals surface area contributed by atoms with Crippen molar-refractivity contribution in [3.63, 3.8) is 0 Å². The van der Waals surface area contributed by atoms with Gasteiger partial charge in [-0.15, -0.1) is 0 Å². The lowest BCUT2D eigenvalue weighted by Crippen LogP contribution is -2.37. The van der Waals surface area contributed by atoms with Crippen molar-refractivity contribution in [2.75, 3.05) is 45.9 Å². The highest BCUT2D eigenvalue weighted by atomic mass is 16.5. The molecule has 0 atom stereocenters. The topological polar surface area (TPSA) is 62.9 Å². The minimum atomic E-state index is 0.555. The van der Waals surface area contributed by atoms with Crippen molar-refractivity contribution in [3.05, 3.63) is 34.4 Å². The van der Waals surface area contributed by atoms with Crippen LogP contribution in [-0.4, -0.2) is 56.8 Å². The normalized spacial score (nSPS) is 16.4. The lowest BCUT2D eigenvalue weighted by molar-refractivity contribution is 0.0377. The van der Waals surface area contributed by atoms with E-state index in [1.165, 1.54) is 22.3 Å². The number of ether oxygens (including phenoxy) is 1. The molecule has 0 unspecified atom stereocenters. The smallest absolute Gasteiger partial charge is 0.188 e. The number of rotatable bonds is 7. The van der Waals surface area contributed by atoms with Gasteiger partial charge in [0.25, 0.3) is 0 Å². The fourth-order valence-electron chi connectivity index (χ4n) is 3.29. The Morgan fingerprint density at radius 3 is 2.54 bits per heavy atom. The number of morpholine rings is 1. The zero-order valence-electron chi connectivity index (χ0n) is 15.4. The van der Waals surface area contributed by atoms with Crippen molar-refractivity contribution in [1.29, 1.82) is 0 Å². The lowest BCUT2D eigenvalue weighted by atomic mass is 9.97. The van der Waals surface area contributed by atoms with Gasteiger partial charge in [-0.1, -0.05) is 17.7 Å². The summed E-state index contributed by atoms with van der Waals surface area (Å²) in [4.78, 5) is 6.85. The minimum Gasteiger partial charge on any atom is -0.379 e. The van der Waals surface area contributed by atoms with Crippen molar-refractivity contribution >= 4 is 5.96 Å². The molecule has 1 aliphatic rings. The first-order chi connectivity index (χ1) is 11.6. The Balaban J connectivity index is 1.66. The third-order valence-corrected chi connectivity index (χ3v) is 4.54. The molecular weight excluding hydrogens is 300 g/mol. The summed E-state index contributed by atoms with van der Waals surface area (Å²) in [6.07, 6.45) is 2.01. The largest absolute Gasteiger partial charge is 0.379 e. The number of guanidine groups is 1. The van der Waals surface area contributed by atoms with Gasteiger partial charge in [-0.05, 0) is 50.3 Å². The molecule has 1 heterocycles. The highest BCUT2D eigenvalue weighted by Gasteiger charge is 2.09. The van der Waals surface area contributed by atoms with Gasteiger partial charge in [-0.25, -0.2) is 0 Å². The fraction of sp³-hybridized carbons (Fsp3) is 0.632. The zero-order valence-corrected chi connectivity index (χ0v) is 15.4. The maximum absolute atomic E-state index is 5.96. The predicted octanol–water partition coefficient (Wildman–Crippen LogP) is 1.78. The van der Waals surface area contributed by atoms with Gasteiger partial charge in [-0.3, -0.25) is 9.89 Å². The van der Waals surface area contributed by atoms with Crippen molar-refractivity contribution in [1.82, 2.24) is 10.2 Å². The summed E-state index contributed by atoms with van der Waals surface area (Å²) in [5.74, 6) is 0.555. The van der Waals surface area contributed by atoms with E-state index >= 15 is 0 Å². The standard InChI is InChI=1S/C19H32N4O/c1-15-13-16(2)18(17(3)14-15)5-7-22-19(20)21-6-4-8-23-9-11-24-12-10-23/h13-14H,4-12H2,1-3H3,(H3,20,21,22). The summed E-state index contributed by atoms with van der Waals surface area (Å²) in [5, 5.41) is 3.23. The van der Waals surface area contributed by atoms with Gasteiger partial charge in [-0.2, -0.15) is 0 Å². The van der Waals surface area contributed by atoms with Crippen LogP contribution in [0.4, 0.5) is 0 Å². The van der Waals surface area contributed by atoms with E-state index in [9.17, 15) is 0 Å². The Bertz CT molecular complexity index is 527. The Kier molecular flexibility index (Phi) is 7.53. The fourth-order valence-corrected chi connectivity index (χ4v) is 3.29.